The van der Waals surface area contributed by atoms with Crippen LogP contribution < -0.4 is 14.8 Å². The number of hydrogen-bond acceptors (Lipinski definition) is 8. The number of nitrogens with zero attached hydrogens (tertiary/aromatic N) is 4. The highest BCUT2D eigenvalue weighted by molar-refractivity contribution is 5.61. The summed E-state index contributed by atoms with van der Waals surface area (Å²) in [6.07, 6.45) is 8.70. The fourth-order valence-corrected chi connectivity index (χ4v) is 3.33. The van der Waals surface area contributed by atoms with Gasteiger partial charge in [-0.3, -0.25) is 9.97 Å². The molecule has 1 N–H and O–H groups in total. The second kappa shape index (κ2) is 8.83. The van der Waals surface area contributed by atoms with Gasteiger partial charge in [0.2, 0.25) is 5.95 Å². The van der Waals surface area contributed by atoms with Gasteiger partial charge in [0.1, 0.15) is 6.10 Å². The normalized spacial score (nSPS) is 15.9. The quantitative estimate of drug-likeness (QED) is 0.653. The average molecular weight is 393 g/mol. The Balaban J connectivity index is 1.57. The van der Waals surface area contributed by atoms with E-state index < -0.39 is 0 Å². The number of anilines is 1. The first-order valence-electron chi connectivity index (χ1n) is 9.48. The number of methoxy groups -OCH3 is 2. The minimum Gasteiger partial charge on any atom is -0.493 e. The third-order valence-corrected chi connectivity index (χ3v) is 4.79. The molecule has 1 fully saturated rings. The van der Waals surface area contributed by atoms with Gasteiger partial charge in [-0.15, -0.1) is 0 Å². The Bertz CT molecular complexity index is 962. The highest BCUT2D eigenvalue weighted by Gasteiger charge is 2.24. The Hall–Kier alpha value is -3.26. The number of ether oxygens (including phenoxy) is 3. The fraction of sp³-hybridized carbons (Fsp3) is 0.333. The zero-order chi connectivity index (χ0) is 20.1. The van der Waals surface area contributed by atoms with Crippen LogP contribution in [0.25, 0.3) is 11.3 Å². The van der Waals surface area contributed by atoms with Crippen molar-refractivity contribution in [3.8, 4) is 22.8 Å². The van der Waals surface area contributed by atoms with Gasteiger partial charge >= 0.3 is 0 Å². The van der Waals surface area contributed by atoms with Crippen LogP contribution in [0.5, 0.6) is 11.5 Å². The predicted octanol–water partition coefficient (Wildman–Crippen LogP) is 3.41. The van der Waals surface area contributed by atoms with Crippen LogP contribution in [0.1, 0.15) is 30.2 Å². The molecule has 8 heteroatoms. The van der Waals surface area contributed by atoms with Crippen LogP contribution in [-0.4, -0.2) is 40.8 Å². The van der Waals surface area contributed by atoms with Gasteiger partial charge in [0, 0.05) is 37.3 Å². The molecule has 1 aliphatic heterocycles. The van der Waals surface area contributed by atoms with E-state index in [9.17, 15) is 0 Å². The topological polar surface area (TPSA) is 91.3 Å². The van der Waals surface area contributed by atoms with E-state index in [1.807, 2.05) is 18.2 Å². The first-order valence-corrected chi connectivity index (χ1v) is 9.48. The molecule has 0 unspecified atom stereocenters. The summed E-state index contributed by atoms with van der Waals surface area (Å²) in [5.74, 6) is 1.92. The van der Waals surface area contributed by atoms with E-state index in [-0.39, 0.29) is 6.10 Å². The lowest BCUT2D eigenvalue weighted by Crippen LogP contribution is -2.09. The van der Waals surface area contributed by atoms with Gasteiger partial charge in [0.05, 0.1) is 31.8 Å². The molecular weight excluding hydrogens is 370 g/mol. The monoisotopic (exact) mass is 393 g/mol. The van der Waals surface area contributed by atoms with Crippen LogP contribution in [0.4, 0.5) is 5.95 Å². The molecule has 2 aromatic heterocycles. The van der Waals surface area contributed by atoms with E-state index in [0.29, 0.717) is 24.0 Å². The van der Waals surface area contributed by atoms with Crippen LogP contribution in [0.15, 0.2) is 43.0 Å². The largest absolute Gasteiger partial charge is 0.493 e. The van der Waals surface area contributed by atoms with Crippen molar-refractivity contribution in [2.24, 2.45) is 0 Å². The molecule has 3 aromatic rings. The number of hydrogen-bond donors (Lipinski definition) is 1. The first-order chi connectivity index (χ1) is 14.3. The molecule has 0 radical (unpaired) electrons. The molecular formula is C21H23N5O3. The summed E-state index contributed by atoms with van der Waals surface area (Å²) >= 11 is 0. The van der Waals surface area contributed by atoms with Gasteiger partial charge in [0.15, 0.2) is 11.5 Å². The summed E-state index contributed by atoms with van der Waals surface area (Å²) in [5.41, 5.74) is 3.46. The average Bonchev–Trinajstić information content (AvgIpc) is 3.33. The van der Waals surface area contributed by atoms with Crippen LogP contribution in [0.3, 0.4) is 0 Å². The second-order valence-corrected chi connectivity index (χ2v) is 6.63. The van der Waals surface area contributed by atoms with Crippen molar-refractivity contribution < 1.29 is 14.2 Å². The summed E-state index contributed by atoms with van der Waals surface area (Å²) < 4.78 is 16.5. The van der Waals surface area contributed by atoms with Gasteiger partial charge < -0.3 is 19.5 Å². The molecule has 1 aliphatic rings. The lowest BCUT2D eigenvalue weighted by Gasteiger charge is -2.15. The number of rotatable bonds is 7. The highest BCUT2D eigenvalue weighted by atomic mass is 16.5. The molecule has 4 rings (SSSR count). The van der Waals surface area contributed by atoms with Gasteiger partial charge in [-0.05, 0) is 30.5 Å². The Morgan fingerprint density at radius 1 is 1.10 bits per heavy atom. The number of benzene rings is 1. The Morgan fingerprint density at radius 2 is 2.00 bits per heavy atom. The molecule has 150 valence electrons. The van der Waals surface area contributed by atoms with E-state index in [4.69, 9.17) is 19.2 Å². The molecule has 8 nitrogen and oxygen atoms in total. The highest BCUT2D eigenvalue weighted by Crippen LogP contribution is 2.34. The second-order valence-electron chi connectivity index (χ2n) is 6.63. The SMILES string of the molecule is COc1ccc(CNc2ncc(-c3cnccn3)c([C@@H]3CCCO3)n2)cc1OC. The fourth-order valence-electron chi connectivity index (χ4n) is 3.33. The standard InChI is InChI=1S/C21H23N5O3/c1-27-17-6-5-14(10-19(17)28-2)11-24-21-25-12-15(16-13-22-7-8-23-16)20(26-21)18-4-3-9-29-18/h5-8,10,12-13,18H,3-4,9,11H2,1-2H3,(H,24,25,26)/t18-/m0/s1. The van der Waals surface area contributed by atoms with Gasteiger partial charge in [-0.1, -0.05) is 6.07 Å². The summed E-state index contributed by atoms with van der Waals surface area (Å²) in [4.78, 5) is 17.8. The lowest BCUT2D eigenvalue weighted by molar-refractivity contribution is 0.109. The predicted molar refractivity (Wildman–Crippen MR) is 108 cm³/mol. The minimum absolute atomic E-state index is 0.0587. The molecule has 0 spiro atoms. The van der Waals surface area contributed by atoms with Crippen LogP contribution in [0, 0.1) is 0 Å². The van der Waals surface area contributed by atoms with E-state index >= 15 is 0 Å². The van der Waals surface area contributed by atoms with Crippen molar-refractivity contribution >= 4 is 5.95 Å². The molecule has 0 saturated carbocycles. The minimum atomic E-state index is -0.0587. The van der Waals surface area contributed by atoms with E-state index in [2.05, 4.69) is 20.3 Å². The number of aromatic nitrogens is 4. The zero-order valence-electron chi connectivity index (χ0n) is 16.5. The molecule has 0 bridgehead atoms. The van der Waals surface area contributed by atoms with Crippen LogP contribution in [-0.2, 0) is 11.3 Å². The van der Waals surface area contributed by atoms with E-state index in [0.717, 1.165) is 42.0 Å². The van der Waals surface area contributed by atoms with Crippen LogP contribution >= 0.6 is 0 Å². The van der Waals surface area contributed by atoms with Crippen molar-refractivity contribution in [2.45, 2.75) is 25.5 Å². The summed E-state index contributed by atoms with van der Waals surface area (Å²) in [7, 11) is 3.24. The first kappa shape index (κ1) is 19.1. The van der Waals surface area contributed by atoms with Crippen molar-refractivity contribution in [2.75, 3.05) is 26.1 Å². The smallest absolute Gasteiger partial charge is 0.223 e. The molecule has 1 saturated heterocycles. The Kier molecular flexibility index (Phi) is 5.81. The van der Waals surface area contributed by atoms with Gasteiger partial charge in [-0.25, -0.2) is 9.97 Å². The zero-order valence-corrected chi connectivity index (χ0v) is 16.5. The van der Waals surface area contributed by atoms with Gasteiger partial charge in [0.25, 0.3) is 0 Å². The molecule has 1 aromatic carbocycles. The lowest BCUT2D eigenvalue weighted by atomic mass is 10.1. The molecule has 0 amide bonds. The number of nitrogens with one attached hydrogen (secondary N) is 1. The van der Waals surface area contributed by atoms with E-state index in [1.54, 1.807) is 39.0 Å². The Morgan fingerprint density at radius 3 is 2.72 bits per heavy atom. The molecule has 3 heterocycles. The molecule has 1 atom stereocenters. The Labute approximate surface area is 169 Å². The van der Waals surface area contributed by atoms with Gasteiger partial charge in [-0.2, -0.15) is 0 Å². The van der Waals surface area contributed by atoms with Crippen molar-refractivity contribution in [1.82, 2.24) is 19.9 Å². The van der Waals surface area contributed by atoms with Crippen molar-refractivity contribution in [3.63, 3.8) is 0 Å². The maximum Gasteiger partial charge on any atom is 0.223 e. The molecule has 29 heavy (non-hydrogen) atoms. The third-order valence-electron chi connectivity index (χ3n) is 4.79. The van der Waals surface area contributed by atoms with Crippen molar-refractivity contribution in [3.05, 3.63) is 54.2 Å². The summed E-state index contributed by atoms with van der Waals surface area (Å²) in [6.45, 7) is 1.29. The van der Waals surface area contributed by atoms with Crippen molar-refractivity contribution in [1.29, 1.82) is 0 Å². The summed E-state index contributed by atoms with van der Waals surface area (Å²) in [6, 6.07) is 5.79. The van der Waals surface area contributed by atoms with E-state index in [1.165, 1.54) is 0 Å². The maximum absolute atomic E-state index is 5.88. The van der Waals surface area contributed by atoms with Crippen LogP contribution in [0.2, 0.25) is 0 Å². The third kappa shape index (κ3) is 4.27. The maximum atomic E-state index is 5.88. The molecule has 0 aliphatic carbocycles. The summed E-state index contributed by atoms with van der Waals surface area (Å²) in [5, 5.41) is 3.28.